The van der Waals surface area contributed by atoms with Crippen molar-refractivity contribution in [2.75, 3.05) is 0 Å². The molecular formula is C17H16N2O3S. The Labute approximate surface area is 137 Å². The molecule has 0 spiro atoms. The lowest BCUT2D eigenvalue weighted by atomic mass is 10.2. The number of hydrogen-bond acceptors (Lipinski definition) is 6. The maximum absolute atomic E-state index is 12.3. The zero-order valence-electron chi connectivity index (χ0n) is 13.1. The number of benzene rings is 1. The fourth-order valence-corrected chi connectivity index (χ4v) is 3.17. The second kappa shape index (κ2) is 6.34. The van der Waals surface area contributed by atoms with Crippen molar-refractivity contribution >= 4 is 17.3 Å². The van der Waals surface area contributed by atoms with E-state index in [4.69, 9.17) is 9.26 Å². The Hall–Kier alpha value is -2.47. The van der Waals surface area contributed by atoms with Crippen LogP contribution in [0.3, 0.4) is 0 Å². The number of aryl methyl sites for hydroxylation is 3. The number of rotatable bonds is 4. The molecule has 0 fully saturated rings. The van der Waals surface area contributed by atoms with Gasteiger partial charge < -0.3 is 9.26 Å². The lowest BCUT2D eigenvalue weighted by molar-refractivity contribution is 0.0475. The molecule has 0 unspecified atom stereocenters. The number of nitrogens with zero attached hydrogens (tertiary/aromatic N) is 2. The summed E-state index contributed by atoms with van der Waals surface area (Å²) in [7, 11) is 0. The zero-order valence-corrected chi connectivity index (χ0v) is 13.9. The predicted molar refractivity (Wildman–Crippen MR) is 87.4 cm³/mol. The van der Waals surface area contributed by atoms with Crippen LogP contribution in [0.5, 0.6) is 0 Å². The van der Waals surface area contributed by atoms with Crippen LogP contribution in [0, 0.1) is 20.8 Å². The molecule has 23 heavy (non-hydrogen) atoms. The molecule has 118 valence electrons. The van der Waals surface area contributed by atoms with Crippen LogP contribution in [0.1, 0.15) is 32.4 Å². The maximum atomic E-state index is 12.3. The van der Waals surface area contributed by atoms with Gasteiger partial charge in [-0.3, -0.25) is 0 Å². The zero-order chi connectivity index (χ0) is 16.4. The van der Waals surface area contributed by atoms with Crippen molar-refractivity contribution in [2.45, 2.75) is 27.4 Å². The molecule has 0 aliphatic rings. The normalized spacial score (nSPS) is 10.7. The molecule has 0 aliphatic heterocycles. The number of ether oxygens (including phenoxy) is 1. The summed E-state index contributed by atoms with van der Waals surface area (Å²) in [5.41, 5.74) is 3.22. The summed E-state index contributed by atoms with van der Waals surface area (Å²) in [4.78, 5) is 17.3. The Bertz CT molecular complexity index is 817. The van der Waals surface area contributed by atoms with Crippen molar-refractivity contribution < 1.29 is 14.1 Å². The summed E-state index contributed by atoms with van der Waals surface area (Å²) in [6.45, 7) is 5.59. The fourth-order valence-electron chi connectivity index (χ4n) is 2.20. The van der Waals surface area contributed by atoms with E-state index in [1.165, 1.54) is 11.3 Å². The van der Waals surface area contributed by atoms with Gasteiger partial charge in [0.1, 0.15) is 22.3 Å². The number of esters is 1. The number of carbonyl (C=O) groups is 1. The van der Waals surface area contributed by atoms with Crippen LogP contribution in [0.4, 0.5) is 0 Å². The Balaban J connectivity index is 1.77. The van der Waals surface area contributed by atoms with E-state index >= 15 is 0 Å². The summed E-state index contributed by atoms with van der Waals surface area (Å²) in [5, 5.41) is 4.66. The van der Waals surface area contributed by atoms with E-state index in [2.05, 4.69) is 10.1 Å². The van der Waals surface area contributed by atoms with Gasteiger partial charge in [0, 0.05) is 5.56 Å². The van der Waals surface area contributed by atoms with Gasteiger partial charge in [-0.1, -0.05) is 35.5 Å². The van der Waals surface area contributed by atoms with E-state index in [9.17, 15) is 4.79 Å². The van der Waals surface area contributed by atoms with E-state index in [1.807, 2.05) is 44.2 Å². The van der Waals surface area contributed by atoms with Crippen LogP contribution in [-0.4, -0.2) is 16.1 Å². The van der Waals surface area contributed by atoms with Crippen molar-refractivity contribution in [3.05, 3.63) is 57.9 Å². The monoisotopic (exact) mass is 328 g/mol. The minimum atomic E-state index is -0.373. The third-order valence-corrected chi connectivity index (χ3v) is 4.72. The number of thiazole rings is 1. The molecule has 2 heterocycles. The summed E-state index contributed by atoms with van der Waals surface area (Å²) >= 11 is 1.34. The van der Waals surface area contributed by atoms with Crippen molar-refractivity contribution in [1.29, 1.82) is 0 Å². The number of aromatic nitrogens is 2. The molecule has 2 aromatic heterocycles. The van der Waals surface area contributed by atoms with Gasteiger partial charge in [0.05, 0.1) is 17.0 Å². The van der Waals surface area contributed by atoms with E-state index in [0.717, 1.165) is 21.8 Å². The SMILES string of the molecule is Cc1nc(-c2ccccc2)sc1C(=O)OCc1c(C)noc1C. The minimum Gasteiger partial charge on any atom is -0.456 e. The standard InChI is InChI=1S/C17H16N2O3S/c1-10-14(12(3)22-19-10)9-21-17(20)15-11(2)18-16(23-15)13-7-5-4-6-8-13/h4-8H,9H2,1-3H3. The molecule has 0 N–H and O–H groups in total. The summed E-state index contributed by atoms with van der Waals surface area (Å²) in [6, 6.07) is 9.78. The molecule has 3 aromatic rings. The van der Waals surface area contributed by atoms with Gasteiger partial charge in [-0.15, -0.1) is 11.3 Å². The molecular weight excluding hydrogens is 312 g/mol. The van der Waals surface area contributed by atoms with Crippen molar-refractivity contribution in [1.82, 2.24) is 10.1 Å². The Kier molecular flexibility index (Phi) is 4.25. The smallest absolute Gasteiger partial charge is 0.350 e. The van der Waals surface area contributed by atoms with Crippen LogP contribution in [0.2, 0.25) is 0 Å². The minimum absolute atomic E-state index is 0.151. The van der Waals surface area contributed by atoms with Gasteiger partial charge in [0.15, 0.2) is 0 Å². The first-order valence-corrected chi connectivity index (χ1v) is 7.99. The number of carbonyl (C=O) groups excluding carboxylic acids is 1. The van der Waals surface area contributed by atoms with Crippen LogP contribution in [-0.2, 0) is 11.3 Å². The average molecular weight is 328 g/mol. The summed E-state index contributed by atoms with van der Waals surface area (Å²) in [5.74, 6) is 0.295. The lowest BCUT2D eigenvalue weighted by Crippen LogP contribution is -2.05. The van der Waals surface area contributed by atoms with Gasteiger partial charge in [-0.25, -0.2) is 9.78 Å². The van der Waals surface area contributed by atoms with Gasteiger partial charge >= 0.3 is 5.97 Å². The predicted octanol–water partition coefficient (Wildman–Crippen LogP) is 4.08. The maximum Gasteiger partial charge on any atom is 0.350 e. The molecule has 1 aromatic carbocycles. The van der Waals surface area contributed by atoms with Gasteiger partial charge in [-0.05, 0) is 20.8 Å². The van der Waals surface area contributed by atoms with Crippen molar-refractivity contribution in [3.63, 3.8) is 0 Å². The van der Waals surface area contributed by atoms with Crippen LogP contribution >= 0.6 is 11.3 Å². The quantitative estimate of drug-likeness (QED) is 0.675. The molecule has 0 amide bonds. The summed E-state index contributed by atoms with van der Waals surface area (Å²) in [6.07, 6.45) is 0. The Morgan fingerprint density at radius 1 is 1.17 bits per heavy atom. The first kappa shape index (κ1) is 15.4. The second-order valence-electron chi connectivity index (χ2n) is 5.18. The van der Waals surface area contributed by atoms with E-state index in [1.54, 1.807) is 6.92 Å². The first-order chi connectivity index (χ1) is 11.1. The average Bonchev–Trinajstić information content (AvgIpc) is 3.09. The summed E-state index contributed by atoms with van der Waals surface area (Å²) < 4.78 is 10.5. The first-order valence-electron chi connectivity index (χ1n) is 7.18. The van der Waals surface area contributed by atoms with Crippen molar-refractivity contribution in [2.24, 2.45) is 0 Å². The lowest BCUT2D eigenvalue weighted by Gasteiger charge is -2.03. The Morgan fingerprint density at radius 2 is 1.91 bits per heavy atom. The van der Waals surface area contributed by atoms with Gasteiger partial charge in [-0.2, -0.15) is 0 Å². The van der Waals surface area contributed by atoms with Crippen LogP contribution in [0.25, 0.3) is 10.6 Å². The van der Waals surface area contributed by atoms with E-state index < -0.39 is 0 Å². The largest absolute Gasteiger partial charge is 0.456 e. The van der Waals surface area contributed by atoms with Crippen molar-refractivity contribution in [3.8, 4) is 10.6 Å². The Morgan fingerprint density at radius 3 is 2.57 bits per heavy atom. The van der Waals surface area contributed by atoms with Crippen LogP contribution < -0.4 is 0 Å². The van der Waals surface area contributed by atoms with Crippen LogP contribution in [0.15, 0.2) is 34.9 Å². The molecule has 0 saturated carbocycles. The highest BCUT2D eigenvalue weighted by molar-refractivity contribution is 7.17. The number of hydrogen-bond donors (Lipinski definition) is 0. The molecule has 0 aliphatic carbocycles. The topological polar surface area (TPSA) is 65.2 Å². The highest BCUT2D eigenvalue weighted by Gasteiger charge is 2.19. The van der Waals surface area contributed by atoms with E-state index in [-0.39, 0.29) is 12.6 Å². The third-order valence-electron chi connectivity index (χ3n) is 3.53. The molecule has 5 nitrogen and oxygen atoms in total. The third kappa shape index (κ3) is 3.17. The second-order valence-corrected chi connectivity index (χ2v) is 6.18. The highest BCUT2D eigenvalue weighted by atomic mass is 32.1. The van der Waals surface area contributed by atoms with Gasteiger partial charge in [0.2, 0.25) is 0 Å². The molecule has 6 heteroatoms. The molecule has 3 rings (SSSR count). The highest BCUT2D eigenvalue weighted by Crippen LogP contribution is 2.28. The van der Waals surface area contributed by atoms with E-state index in [0.29, 0.717) is 16.3 Å². The fraction of sp³-hybridized carbons (Fsp3) is 0.235. The molecule has 0 radical (unpaired) electrons. The molecule has 0 bridgehead atoms. The molecule has 0 saturated heterocycles. The molecule has 0 atom stereocenters. The van der Waals surface area contributed by atoms with Gasteiger partial charge in [0.25, 0.3) is 0 Å².